The van der Waals surface area contributed by atoms with Crippen molar-refractivity contribution >= 4 is 34.9 Å². The van der Waals surface area contributed by atoms with Gasteiger partial charge in [-0.3, -0.25) is 9.59 Å². The van der Waals surface area contributed by atoms with Gasteiger partial charge in [-0.2, -0.15) is 5.10 Å². The molecule has 0 unspecified atom stereocenters. The molecule has 0 N–H and O–H groups in total. The molecule has 4 nitrogen and oxygen atoms in total. The van der Waals surface area contributed by atoms with E-state index in [4.69, 9.17) is 0 Å². The molecule has 1 aromatic carbocycles. The monoisotopic (exact) mass is 378 g/mol. The predicted octanol–water partition coefficient (Wildman–Crippen LogP) is 4.24. The Bertz CT molecular complexity index is 852. The van der Waals surface area contributed by atoms with E-state index in [9.17, 15) is 14.0 Å². The minimum Gasteiger partial charge on any atom is -0.288 e. The van der Waals surface area contributed by atoms with Crippen LogP contribution >= 0.6 is 23.5 Å². The number of halogens is 1. The lowest BCUT2D eigenvalue weighted by Gasteiger charge is -2.14. The Labute approximate surface area is 154 Å². The van der Waals surface area contributed by atoms with Crippen LogP contribution in [0.2, 0.25) is 0 Å². The zero-order valence-corrected chi connectivity index (χ0v) is 16.1. The lowest BCUT2D eigenvalue weighted by atomic mass is 10.0. The highest BCUT2D eigenvalue weighted by Crippen LogP contribution is 2.34. The maximum absolute atomic E-state index is 13.2. The average molecular weight is 378 g/mol. The second kappa shape index (κ2) is 8.49. The third kappa shape index (κ3) is 4.41. The van der Waals surface area contributed by atoms with Crippen LogP contribution in [0.25, 0.3) is 5.57 Å². The number of carbonyl (C=O) groups is 1. The zero-order chi connectivity index (χ0) is 18.6. The quantitative estimate of drug-likeness (QED) is 0.556. The van der Waals surface area contributed by atoms with Crippen LogP contribution in [0.5, 0.6) is 0 Å². The van der Waals surface area contributed by atoms with E-state index in [1.54, 1.807) is 6.07 Å². The number of allylic oxidation sites excluding steroid dienone is 1. The molecule has 0 atom stereocenters. The molecule has 0 saturated heterocycles. The predicted molar refractivity (Wildman–Crippen MR) is 104 cm³/mol. The fourth-order valence-electron chi connectivity index (χ4n) is 2.28. The van der Waals surface area contributed by atoms with Gasteiger partial charge in [0.05, 0.1) is 21.5 Å². The van der Waals surface area contributed by atoms with Crippen molar-refractivity contribution in [2.24, 2.45) is 0 Å². The Morgan fingerprint density at radius 3 is 2.20 bits per heavy atom. The largest absolute Gasteiger partial charge is 0.288 e. The van der Waals surface area contributed by atoms with Gasteiger partial charge in [0, 0.05) is 11.6 Å². The van der Waals surface area contributed by atoms with Gasteiger partial charge in [-0.1, -0.05) is 0 Å². The number of benzene rings is 1. The fraction of sp³-hybridized carbons (Fsp3) is 0.278. The number of aromatic nitrogens is 2. The van der Waals surface area contributed by atoms with Gasteiger partial charge in [0.1, 0.15) is 5.82 Å². The molecule has 0 radical (unpaired) electrons. The van der Waals surface area contributed by atoms with Crippen LogP contribution in [0.1, 0.15) is 35.9 Å². The summed E-state index contributed by atoms with van der Waals surface area (Å²) in [5, 5.41) is 4.38. The van der Waals surface area contributed by atoms with E-state index < -0.39 is 5.82 Å². The number of hydrogen-bond donors (Lipinski definition) is 0. The highest BCUT2D eigenvalue weighted by Gasteiger charge is 2.21. The molecule has 0 aliphatic carbocycles. The first-order valence-corrected chi connectivity index (χ1v) is 10.1. The first kappa shape index (κ1) is 19.5. The normalized spacial score (nSPS) is 10.8. The van der Waals surface area contributed by atoms with Crippen LogP contribution in [0.3, 0.4) is 0 Å². The zero-order valence-electron chi connectivity index (χ0n) is 14.4. The van der Waals surface area contributed by atoms with Gasteiger partial charge >= 0.3 is 0 Å². The van der Waals surface area contributed by atoms with Gasteiger partial charge in [0.15, 0.2) is 5.78 Å². The summed E-state index contributed by atoms with van der Waals surface area (Å²) in [4.78, 5) is 25.0. The number of ketones is 1. The summed E-state index contributed by atoms with van der Waals surface area (Å²) in [6, 6.07) is 8.27. The molecule has 7 heteroatoms. The Morgan fingerprint density at radius 1 is 1.08 bits per heavy atom. The molecule has 132 valence electrons. The Kier molecular flexibility index (Phi) is 6.61. The van der Waals surface area contributed by atoms with Gasteiger partial charge < -0.3 is 0 Å². The molecular weight excluding hydrogens is 359 g/mol. The molecule has 1 heterocycles. The summed E-state index contributed by atoms with van der Waals surface area (Å²) in [6.07, 6.45) is 3.75. The van der Waals surface area contributed by atoms with Crippen LogP contribution in [-0.4, -0.2) is 28.1 Å². The maximum Gasteiger partial charge on any atom is 0.267 e. The van der Waals surface area contributed by atoms with Gasteiger partial charge in [-0.05, 0) is 56.7 Å². The number of Topliss-reactive ketones (excluding diaryl/α,β-unsaturated/α-hetero) is 1. The van der Waals surface area contributed by atoms with Crippen LogP contribution in [-0.2, 0) is 0 Å². The van der Waals surface area contributed by atoms with Gasteiger partial charge in [0.25, 0.3) is 5.56 Å². The van der Waals surface area contributed by atoms with Crippen molar-refractivity contribution in [2.45, 2.75) is 19.9 Å². The van der Waals surface area contributed by atoms with Crippen molar-refractivity contribution in [1.29, 1.82) is 0 Å². The maximum atomic E-state index is 13.2. The van der Waals surface area contributed by atoms with E-state index in [1.807, 2.05) is 26.4 Å². The topological polar surface area (TPSA) is 52.0 Å². The third-order valence-electron chi connectivity index (χ3n) is 3.48. The van der Waals surface area contributed by atoms with Crippen LogP contribution < -0.4 is 5.56 Å². The van der Waals surface area contributed by atoms with E-state index in [1.165, 1.54) is 58.5 Å². The van der Waals surface area contributed by atoms with Gasteiger partial charge in [0.2, 0.25) is 0 Å². The Balaban J connectivity index is 2.64. The third-order valence-corrected chi connectivity index (χ3v) is 5.63. The average Bonchev–Trinajstić information content (AvgIpc) is 2.60. The van der Waals surface area contributed by atoms with Crippen molar-refractivity contribution in [1.82, 2.24) is 9.78 Å². The second-order valence-corrected chi connectivity index (χ2v) is 7.39. The Hall–Kier alpha value is -1.86. The first-order valence-electron chi connectivity index (χ1n) is 7.61. The standard InChI is InChI=1S/C18H19FN2O2S2/c1-11(2)21-15(22)10-9-14(20-21)16(18(24-3)25-4)17(23)12-5-7-13(19)8-6-12/h5-11H,1-4H3. The molecule has 2 rings (SSSR count). The van der Waals surface area contributed by atoms with E-state index in [2.05, 4.69) is 5.10 Å². The molecule has 2 aromatic rings. The molecular formula is C18H19FN2O2S2. The van der Waals surface area contributed by atoms with Crippen molar-refractivity contribution in [3.8, 4) is 0 Å². The molecule has 1 aromatic heterocycles. The van der Waals surface area contributed by atoms with E-state index >= 15 is 0 Å². The molecule has 0 saturated carbocycles. The van der Waals surface area contributed by atoms with Crippen molar-refractivity contribution in [3.63, 3.8) is 0 Å². The summed E-state index contributed by atoms with van der Waals surface area (Å²) >= 11 is 2.88. The minimum atomic E-state index is -0.400. The van der Waals surface area contributed by atoms with Gasteiger partial charge in [-0.15, -0.1) is 23.5 Å². The van der Waals surface area contributed by atoms with E-state index in [-0.39, 0.29) is 17.4 Å². The summed E-state index contributed by atoms with van der Waals surface area (Å²) in [6.45, 7) is 3.71. The molecule has 0 spiro atoms. The Morgan fingerprint density at radius 2 is 1.68 bits per heavy atom. The number of thioether (sulfide) groups is 2. The van der Waals surface area contributed by atoms with E-state index in [0.29, 0.717) is 16.8 Å². The number of nitrogens with zero attached hydrogens (tertiary/aromatic N) is 2. The van der Waals surface area contributed by atoms with Gasteiger partial charge in [-0.25, -0.2) is 9.07 Å². The highest BCUT2D eigenvalue weighted by molar-refractivity contribution is 8.22. The second-order valence-electron chi connectivity index (χ2n) is 5.50. The summed E-state index contributed by atoms with van der Waals surface area (Å²) in [5.74, 6) is -0.649. The van der Waals surface area contributed by atoms with Crippen molar-refractivity contribution in [2.75, 3.05) is 12.5 Å². The summed E-state index contributed by atoms with van der Waals surface area (Å²) in [7, 11) is 0. The molecule has 0 bridgehead atoms. The van der Waals surface area contributed by atoms with E-state index in [0.717, 1.165) is 4.24 Å². The SMILES string of the molecule is CSC(SC)=C(C(=O)c1ccc(F)cc1)c1ccc(=O)n(C(C)C)n1. The fourth-order valence-corrected chi connectivity index (χ4v) is 3.74. The van der Waals surface area contributed by atoms with Crippen LogP contribution in [0.4, 0.5) is 4.39 Å². The number of carbonyl (C=O) groups excluding carboxylic acids is 1. The number of rotatable bonds is 6. The van der Waals surface area contributed by atoms with Crippen LogP contribution in [0, 0.1) is 5.82 Å². The van der Waals surface area contributed by atoms with Crippen molar-refractivity contribution in [3.05, 3.63) is 68.1 Å². The first-order chi connectivity index (χ1) is 11.9. The summed E-state index contributed by atoms with van der Waals surface area (Å²) < 4.78 is 15.3. The highest BCUT2D eigenvalue weighted by atomic mass is 32.2. The molecule has 0 fully saturated rings. The minimum absolute atomic E-state index is 0.123. The molecule has 25 heavy (non-hydrogen) atoms. The smallest absolute Gasteiger partial charge is 0.267 e. The van der Waals surface area contributed by atoms with Crippen LogP contribution in [0.15, 0.2) is 45.4 Å². The van der Waals surface area contributed by atoms with Crippen molar-refractivity contribution < 1.29 is 9.18 Å². The summed E-state index contributed by atoms with van der Waals surface area (Å²) in [5.41, 5.74) is 1.01. The molecule has 0 aliphatic rings. The molecule has 0 amide bonds. The number of hydrogen-bond acceptors (Lipinski definition) is 5. The lowest BCUT2D eigenvalue weighted by Crippen LogP contribution is -2.25. The lowest BCUT2D eigenvalue weighted by molar-refractivity contribution is 0.105. The molecule has 0 aliphatic heterocycles.